The number of nitrogens with one attached hydrogen (secondary N) is 1. The Kier molecular flexibility index (Phi) is 6.63. The van der Waals surface area contributed by atoms with Gasteiger partial charge in [-0.1, -0.05) is 0 Å². The number of nitro groups is 1. The van der Waals surface area contributed by atoms with E-state index in [0.29, 0.717) is 13.1 Å². The predicted octanol–water partition coefficient (Wildman–Crippen LogP) is 1.30. The lowest BCUT2D eigenvalue weighted by molar-refractivity contribution is -0.386. The van der Waals surface area contributed by atoms with Crippen LogP contribution in [0, 0.1) is 10.1 Å². The summed E-state index contributed by atoms with van der Waals surface area (Å²) in [6.45, 7) is 0.00375. The number of benzene rings is 1. The van der Waals surface area contributed by atoms with E-state index in [9.17, 15) is 24.0 Å². The highest BCUT2D eigenvalue weighted by Gasteiger charge is 2.46. The number of phenolic OH excluding ortho intramolecular Hbond substituents is 1. The van der Waals surface area contributed by atoms with Crippen molar-refractivity contribution in [2.24, 2.45) is 0 Å². The smallest absolute Gasteiger partial charge is 0.290 e. The molecule has 0 aliphatic carbocycles. The SMILES string of the molecule is Cl.O=[N+]([O-])c1ccc(O)cc1[C@@H](N1CCNCC1)C(F)(F)CO. The number of aromatic hydroxyl groups is 1. The fourth-order valence-electron chi connectivity index (χ4n) is 2.65. The number of nitro benzene ring substituents is 1. The summed E-state index contributed by atoms with van der Waals surface area (Å²) in [5.41, 5.74) is -0.805. The normalized spacial score (nSPS) is 17.3. The summed E-state index contributed by atoms with van der Waals surface area (Å²) in [5.74, 6) is -3.91. The number of piperazine rings is 1. The zero-order chi connectivity index (χ0) is 16.3. The Morgan fingerprint density at radius 1 is 1.39 bits per heavy atom. The van der Waals surface area contributed by atoms with Gasteiger partial charge in [0.1, 0.15) is 18.4 Å². The lowest BCUT2D eigenvalue weighted by atomic mass is 9.96. The van der Waals surface area contributed by atoms with E-state index in [-0.39, 0.29) is 36.8 Å². The number of phenols is 1. The first-order chi connectivity index (χ1) is 10.4. The number of hydrogen-bond acceptors (Lipinski definition) is 6. The maximum absolute atomic E-state index is 14.2. The second-order valence-electron chi connectivity index (χ2n) is 5.11. The van der Waals surface area contributed by atoms with Gasteiger partial charge in [0.15, 0.2) is 0 Å². The Hall–Kier alpha value is -1.55. The van der Waals surface area contributed by atoms with Crippen molar-refractivity contribution >= 4 is 18.1 Å². The summed E-state index contributed by atoms with van der Waals surface area (Å²) in [5, 5.41) is 32.7. The number of nitrogens with zero attached hydrogens (tertiary/aromatic N) is 2. The highest BCUT2D eigenvalue weighted by atomic mass is 35.5. The molecule has 3 N–H and O–H groups in total. The quantitative estimate of drug-likeness (QED) is 0.545. The van der Waals surface area contributed by atoms with Gasteiger partial charge < -0.3 is 15.5 Å². The summed E-state index contributed by atoms with van der Waals surface area (Å²) in [6, 6.07) is 1.36. The topological polar surface area (TPSA) is 98.9 Å². The molecule has 0 radical (unpaired) electrons. The van der Waals surface area contributed by atoms with Crippen molar-refractivity contribution in [2.75, 3.05) is 32.8 Å². The molecule has 10 heteroatoms. The number of alkyl halides is 2. The van der Waals surface area contributed by atoms with Gasteiger partial charge in [0.25, 0.3) is 11.6 Å². The number of rotatable bonds is 5. The number of hydrogen-bond donors (Lipinski definition) is 3. The Morgan fingerprint density at radius 2 is 2.00 bits per heavy atom. The van der Waals surface area contributed by atoms with Crippen LogP contribution in [0.1, 0.15) is 11.6 Å². The van der Waals surface area contributed by atoms with E-state index in [4.69, 9.17) is 5.11 Å². The predicted molar refractivity (Wildman–Crippen MR) is 81.2 cm³/mol. The van der Waals surface area contributed by atoms with Gasteiger partial charge in [0.2, 0.25) is 0 Å². The molecule has 2 rings (SSSR count). The van der Waals surface area contributed by atoms with Crippen LogP contribution in [0.3, 0.4) is 0 Å². The molecule has 0 aromatic heterocycles. The molecule has 130 valence electrons. The van der Waals surface area contributed by atoms with Gasteiger partial charge in [-0.25, -0.2) is 8.78 Å². The van der Waals surface area contributed by atoms with Gasteiger partial charge in [-0.3, -0.25) is 15.0 Å². The van der Waals surface area contributed by atoms with Gasteiger partial charge in [0.05, 0.1) is 10.5 Å². The van der Waals surface area contributed by atoms with Crippen LogP contribution in [-0.4, -0.2) is 58.7 Å². The van der Waals surface area contributed by atoms with E-state index in [1.165, 1.54) is 4.90 Å². The molecule has 1 aromatic rings. The maximum Gasteiger partial charge on any atom is 0.290 e. The molecule has 1 atom stereocenters. The van der Waals surface area contributed by atoms with Crippen molar-refractivity contribution in [3.63, 3.8) is 0 Å². The minimum absolute atomic E-state index is 0. The second-order valence-corrected chi connectivity index (χ2v) is 5.11. The van der Waals surface area contributed by atoms with E-state index < -0.39 is 29.2 Å². The summed E-state index contributed by atoms with van der Waals surface area (Å²) < 4.78 is 28.5. The fourth-order valence-corrected chi connectivity index (χ4v) is 2.65. The standard InChI is InChI=1S/C13H17F2N3O4.ClH/c14-13(15,8-19)12(17-5-3-16-4-6-17)10-7-9(20)1-2-11(10)18(21)22;/h1-2,7,12,16,19-20H,3-6,8H2;1H/t12-;/m1./s1. The van der Waals surface area contributed by atoms with Gasteiger partial charge in [-0.05, 0) is 12.1 Å². The fraction of sp³-hybridized carbons (Fsp3) is 0.538. The van der Waals surface area contributed by atoms with Gasteiger partial charge >= 0.3 is 0 Å². The van der Waals surface area contributed by atoms with Crippen LogP contribution in [-0.2, 0) is 0 Å². The molecular weight excluding hydrogens is 336 g/mol. The zero-order valence-electron chi connectivity index (χ0n) is 12.1. The number of halogens is 3. The number of aliphatic hydroxyl groups excluding tert-OH is 1. The third-order valence-electron chi connectivity index (χ3n) is 3.63. The monoisotopic (exact) mass is 353 g/mol. The van der Waals surface area contributed by atoms with Crippen molar-refractivity contribution in [3.8, 4) is 5.75 Å². The third kappa shape index (κ3) is 4.25. The second kappa shape index (κ2) is 7.82. The Morgan fingerprint density at radius 3 is 2.52 bits per heavy atom. The molecule has 7 nitrogen and oxygen atoms in total. The minimum atomic E-state index is -3.57. The van der Waals surface area contributed by atoms with E-state index >= 15 is 0 Å². The van der Waals surface area contributed by atoms with Gasteiger partial charge in [0, 0.05) is 32.2 Å². The van der Waals surface area contributed by atoms with E-state index in [0.717, 1.165) is 18.2 Å². The van der Waals surface area contributed by atoms with E-state index in [1.807, 2.05) is 0 Å². The first-order valence-corrected chi connectivity index (χ1v) is 6.77. The molecule has 1 aliphatic rings. The largest absolute Gasteiger partial charge is 0.508 e. The maximum atomic E-state index is 14.2. The molecule has 0 unspecified atom stereocenters. The highest BCUT2D eigenvalue weighted by Crippen LogP contribution is 2.41. The van der Waals surface area contributed by atoms with Crippen molar-refractivity contribution < 1.29 is 23.9 Å². The highest BCUT2D eigenvalue weighted by molar-refractivity contribution is 5.85. The number of aliphatic hydroxyl groups is 1. The van der Waals surface area contributed by atoms with Crippen LogP contribution in [0.2, 0.25) is 0 Å². The van der Waals surface area contributed by atoms with Crippen molar-refractivity contribution in [1.29, 1.82) is 0 Å². The Balaban J connectivity index is 0.00000264. The van der Waals surface area contributed by atoms with Crippen LogP contribution in [0.5, 0.6) is 5.75 Å². The molecule has 1 aromatic carbocycles. The lowest BCUT2D eigenvalue weighted by Crippen LogP contribution is -2.51. The summed E-state index contributed by atoms with van der Waals surface area (Å²) in [4.78, 5) is 11.7. The average Bonchev–Trinajstić information content (AvgIpc) is 2.48. The van der Waals surface area contributed by atoms with Crippen LogP contribution in [0.15, 0.2) is 18.2 Å². The minimum Gasteiger partial charge on any atom is -0.508 e. The molecule has 0 spiro atoms. The van der Waals surface area contributed by atoms with Gasteiger partial charge in [-0.2, -0.15) is 0 Å². The van der Waals surface area contributed by atoms with Crippen LogP contribution < -0.4 is 5.32 Å². The molecule has 1 aliphatic heterocycles. The molecule has 23 heavy (non-hydrogen) atoms. The average molecular weight is 354 g/mol. The Labute approximate surface area is 137 Å². The first-order valence-electron chi connectivity index (χ1n) is 6.77. The van der Waals surface area contributed by atoms with Crippen molar-refractivity contribution in [3.05, 3.63) is 33.9 Å². The van der Waals surface area contributed by atoms with Crippen molar-refractivity contribution in [1.82, 2.24) is 10.2 Å². The summed E-state index contributed by atoms with van der Waals surface area (Å²) in [7, 11) is 0. The van der Waals surface area contributed by atoms with E-state index in [1.54, 1.807) is 0 Å². The van der Waals surface area contributed by atoms with Crippen LogP contribution >= 0.6 is 12.4 Å². The molecule has 1 saturated heterocycles. The lowest BCUT2D eigenvalue weighted by Gasteiger charge is -2.38. The van der Waals surface area contributed by atoms with Crippen LogP contribution in [0.25, 0.3) is 0 Å². The zero-order valence-corrected chi connectivity index (χ0v) is 12.9. The van der Waals surface area contributed by atoms with E-state index in [2.05, 4.69) is 5.32 Å². The molecule has 1 heterocycles. The third-order valence-corrected chi connectivity index (χ3v) is 3.63. The first kappa shape index (κ1) is 19.5. The van der Waals surface area contributed by atoms with Gasteiger partial charge in [-0.15, -0.1) is 12.4 Å². The van der Waals surface area contributed by atoms with Crippen LogP contribution in [0.4, 0.5) is 14.5 Å². The molecule has 0 saturated carbocycles. The molecule has 1 fully saturated rings. The summed E-state index contributed by atoms with van der Waals surface area (Å²) >= 11 is 0. The Bertz CT molecular complexity index is 556. The molecular formula is C13H18ClF2N3O4. The molecule has 0 amide bonds. The molecule has 0 bridgehead atoms. The van der Waals surface area contributed by atoms with Crippen molar-refractivity contribution in [2.45, 2.75) is 12.0 Å². The summed E-state index contributed by atoms with van der Waals surface area (Å²) in [6.07, 6.45) is 0.